The Morgan fingerprint density at radius 2 is 2.15 bits per heavy atom. The summed E-state index contributed by atoms with van der Waals surface area (Å²) >= 11 is 0. The van der Waals surface area contributed by atoms with E-state index in [1.165, 1.54) is 18.4 Å². The third-order valence-electron chi connectivity index (χ3n) is 3.90. The fourth-order valence-corrected chi connectivity index (χ4v) is 2.98. The lowest BCUT2D eigenvalue weighted by molar-refractivity contribution is 0.201. The molecule has 1 aliphatic heterocycles. The van der Waals surface area contributed by atoms with Crippen LogP contribution in [0.2, 0.25) is 0 Å². The van der Waals surface area contributed by atoms with Crippen LogP contribution in [0.25, 0.3) is 0 Å². The van der Waals surface area contributed by atoms with Gasteiger partial charge in [-0.3, -0.25) is 4.90 Å². The summed E-state index contributed by atoms with van der Waals surface area (Å²) in [6.07, 6.45) is 4.74. The predicted molar refractivity (Wildman–Crippen MR) is 82.0 cm³/mol. The van der Waals surface area contributed by atoms with E-state index in [1.807, 2.05) is 6.07 Å². The summed E-state index contributed by atoms with van der Waals surface area (Å²) in [7, 11) is 0. The minimum absolute atomic E-state index is 0.208. The Morgan fingerprint density at radius 3 is 2.90 bits per heavy atom. The highest BCUT2D eigenvalue weighted by Gasteiger charge is 2.24. The number of likely N-dealkylation sites (tertiary alicyclic amines) is 1. The lowest BCUT2D eigenvalue weighted by atomic mass is 10.1. The SMILES string of the molecule is CC(C)Oc1ccccc1CN1CCCC1CCCO. The van der Waals surface area contributed by atoms with E-state index in [4.69, 9.17) is 9.84 Å². The first-order valence-corrected chi connectivity index (χ1v) is 7.80. The Hall–Kier alpha value is -1.06. The molecule has 1 aromatic carbocycles. The molecule has 112 valence electrons. The molecule has 1 aromatic rings. The van der Waals surface area contributed by atoms with Crippen molar-refractivity contribution in [2.75, 3.05) is 13.2 Å². The third-order valence-corrected chi connectivity index (χ3v) is 3.90. The van der Waals surface area contributed by atoms with Crippen LogP contribution in [0, 0.1) is 0 Å². The van der Waals surface area contributed by atoms with E-state index in [-0.39, 0.29) is 6.10 Å². The smallest absolute Gasteiger partial charge is 0.124 e. The number of para-hydroxylation sites is 1. The van der Waals surface area contributed by atoms with Gasteiger partial charge in [0.1, 0.15) is 5.75 Å². The second-order valence-corrected chi connectivity index (χ2v) is 5.91. The summed E-state index contributed by atoms with van der Waals surface area (Å²) < 4.78 is 5.91. The van der Waals surface area contributed by atoms with Gasteiger partial charge in [-0.2, -0.15) is 0 Å². The third kappa shape index (κ3) is 4.22. The molecule has 3 nitrogen and oxygen atoms in total. The van der Waals surface area contributed by atoms with Gasteiger partial charge >= 0.3 is 0 Å². The number of rotatable bonds is 7. The van der Waals surface area contributed by atoms with E-state index in [1.54, 1.807) is 0 Å². The zero-order valence-electron chi connectivity index (χ0n) is 12.7. The molecule has 0 saturated carbocycles. The Balaban J connectivity index is 2.01. The molecule has 1 fully saturated rings. The first-order valence-electron chi connectivity index (χ1n) is 7.80. The Kier molecular flexibility index (Phi) is 5.86. The van der Waals surface area contributed by atoms with Crippen molar-refractivity contribution in [3.05, 3.63) is 29.8 Å². The summed E-state index contributed by atoms with van der Waals surface area (Å²) in [6, 6.07) is 8.97. The van der Waals surface area contributed by atoms with Gasteiger partial charge in [-0.1, -0.05) is 18.2 Å². The number of hydrogen-bond donors (Lipinski definition) is 1. The average Bonchev–Trinajstić information content (AvgIpc) is 2.85. The van der Waals surface area contributed by atoms with Gasteiger partial charge in [0, 0.05) is 24.8 Å². The minimum Gasteiger partial charge on any atom is -0.491 e. The van der Waals surface area contributed by atoms with Crippen LogP contribution >= 0.6 is 0 Å². The van der Waals surface area contributed by atoms with Crippen LogP contribution in [0.3, 0.4) is 0 Å². The van der Waals surface area contributed by atoms with Crippen LogP contribution in [-0.2, 0) is 6.54 Å². The van der Waals surface area contributed by atoms with Crippen molar-refractivity contribution in [1.29, 1.82) is 0 Å². The number of nitrogens with zero attached hydrogens (tertiary/aromatic N) is 1. The summed E-state index contributed by atoms with van der Waals surface area (Å²) in [5.74, 6) is 1.01. The molecule has 1 N–H and O–H groups in total. The quantitative estimate of drug-likeness (QED) is 0.830. The van der Waals surface area contributed by atoms with Crippen molar-refractivity contribution in [2.24, 2.45) is 0 Å². The molecule has 3 heteroatoms. The Labute approximate surface area is 122 Å². The molecule has 1 unspecified atom stereocenters. The molecular weight excluding hydrogens is 250 g/mol. The highest BCUT2D eigenvalue weighted by atomic mass is 16.5. The van der Waals surface area contributed by atoms with Crippen LogP contribution < -0.4 is 4.74 Å². The van der Waals surface area contributed by atoms with E-state index in [9.17, 15) is 0 Å². The fraction of sp³-hybridized carbons (Fsp3) is 0.647. The molecular formula is C17H27NO2. The van der Waals surface area contributed by atoms with Crippen molar-refractivity contribution in [3.8, 4) is 5.75 Å². The van der Waals surface area contributed by atoms with Crippen molar-refractivity contribution in [1.82, 2.24) is 4.90 Å². The van der Waals surface area contributed by atoms with Gasteiger partial charge in [0.05, 0.1) is 6.10 Å². The highest BCUT2D eigenvalue weighted by Crippen LogP contribution is 2.27. The maximum atomic E-state index is 9.01. The second kappa shape index (κ2) is 7.65. The molecule has 0 spiro atoms. The van der Waals surface area contributed by atoms with Crippen LogP contribution in [0.5, 0.6) is 5.75 Å². The standard InChI is InChI=1S/C17H27NO2/c1-14(2)20-17-10-4-3-7-15(17)13-18-11-5-8-16(18)9-6-12-19/h3-4,7,10,14,16,19H,5-6,8-9,11-13H2,1-2H3. The van der Waals surface area contributed by atoms with Gasteiger partial charge in [-0.25, -0.2) is 0 Å². The molecule has 0 aromatic heterocycles. The summed E-state index contributed by atoms with van der Waals surface area (Å²) in [4.78, 5) is 2.54. The molecule has 1 aliphatic rings. The monoisotopic (exact) mass is 277 g/mol. The first kappa shape index (κ1) is 15.3. The van der Waals surface area contributed by atoms with Crippen LogP contribution in [0.15, 0.2) is 24.3 Å². The number of benzene rings is 1. The molecule has 1 atom stereocenters. The summed E-state index contributed by atoms with van der Waals surface area (Å²) in [6.45, 7) is 6.55. The van der Waals surface area contributed by atoms with E-state index < -0.39 is 0 Å². The number of ether oxygens (including phenoxy) is 1. The molecule has 0 radical (unpaired) electrons. The van der Waals surface area contributed by atoms with E-state index in [2.05, 4.69) is 36.9 Å². The lowest BCUT2D eigenvalue weighted by Crippen LogP contribution is -2.29. The largest absolute Gasteiger partial charge is 0.491 e. The van der Waals surface area contributed by atoms with Crippen molar-refractivity contribution < 1.29 is 9.84 Å². The van der Waals surface area contributed by atoms with Crippen molar-refractivity contribution in [3.63, 3.8) is 0 Å². The van der Waals surface area contributed by atoms with Gasteiger partial charge in [-0.05, 0) is 52.1 Å². The maximum absolute atomic E-state index is 9.01. The topological polar surface area (TPSA) is 32.7 Å². The zero-order chi connectivity index (χ0) is 14.4. The summed E-state index contributed by atoms with van der Waals surface area (Å²) in [5.41, 5.74) is 1.28. The number of aliphatic hydroxyl groups is 1. The van der Waals surface area contributed by atoms with E-state index in [0.29, 0.717) is 12.6 Å². The first-order chi connectivity index (χ1) is 9.70. The van der Waals surface area contributed by atoms with E-state index in [0.717, 1.165) is 31.7 Å². The Bertz CT molecular complexity index is 406. The van der Waals surface area contributed by atoms with Crippen molar-refractivity contribution >= 4 is 0 Å². The predicted octanol–water partition coefficient (Wildman–Crippen LogP) is 3.21. The average molecular weight is 277 g/mol. The van der Waals surface area contributed by atoms with Gasteiger partial charge < -0.3 is 9.84 Å². The number of aliphatic hydroxyl groups excluding tert-OH is 1. The van der Waals surface area contributed by atoms with Gasteiger partial charge in [0.15, 0.2) is 0 Å². The number of hydrogen-bond acceptors (Lipinski definition) is 3. The molecule has 0 aliphatic carbocycles. The van der Waals surface area contributed by atoms with Crippen LogP contribution in [0.4, 0.5) is 0 Å². The van der Waals surface area contributed by atoms with Crippen LogP contribution in [0.1, 0.15) is 45.1 Å². The normalized spacial score (nSPS) is 19.7. The lowest BCUT2D eigenvalue weighted by Gasteiger charge is -2.25. The highest BCUT2D eigenvalue weighted by molar-refractivity contribution is 5.33. The minimum atomic E-state index is 0.208. The molecule has 0 bridgehead atoms. The molecule has 0 amide bonds. The van der Waals surface area contributed by atoms with Crippen LogP contribution in [-0.4, -0.2) is 35.3 Å². The Morgan fingerprint density at radius 1 is 1.35 bits per heavy atom. The van der Waals surface area contributed by atoms with Gasteiger partial charge in [-0.15, -0.1) is 0 Å². The molecule has 1 heterocycles. The molecule has 20 heavy (non-hydrogen) atoms. The van der Waals surface area contributed by atoms with Crippen molar-refractivity contribution in [2.45, 2.75) is 58.2 Å². The van der Waals surface area contributed by atoms with Gasteiger partial charge in [0.2, 0.25) is 0 Å². The van der Waals surface area contributed by atoms with E-state index >= 15 is 0 Å². The fourth-order valence-electron chi connectivity index (χ4n) is 2.98. The molecule has 2 rings (SSSR count). The van der Waals surface area contributed by atoms with Gasteiger partial charge in [0.25, 0.3) is 0 Å². The molecule has 1 saturated heterocycles. The maximum Gasteiger partial charge on any atom is 0.124 e. The zero-order valence-corrected chi connectivity index (χ0v) is 12.7. The second-order valence-electron chi connectivity index (χ2n) is 5.91. The summed E-state index contributed by atoms with van der Waals surface area (Å²) in [5, 5.41) is 9.01.